The number of fused-ring (bicyclic) bond motifs is 1. The average Bonchev–Trinajstić information content (AvgIpc) is 2.94. The first-order valence-electron chi connectivity index (χ1n) is 8.14. The lowest BCUT2D eigenvalue weighted by atomic mass is 9.89. The monoisotopic (exact) mass is 324 g/mol. The summed E-state index contributed by atoms with van der Waals surface area (Å²) in [5.74, 6) is 1.95. The molecule has 0 aliphatic carbocycles. The van der Waals surface area contributed by atoms with E-state index in [-0.39, 0.29) is 11.7 Å². The zero-order chi connectivity index (χ0) is 16.9. The van der Waals surface area contributed by atoms with E-state index >= 15 is 0 Å². The molecule has 0 saturated carbocycles. The van der Waals surface area contributed by atoms with E-state index in [4.69, 9.17) is 10.5 Å². The van der Waals surface area contributed by atoms with Crippen molar-refractivity contribution in [2.75, 3.05) is 23.7 Å². The molecule has 2 aliphatic heterocycles. The minimum Gasteiger partial charge on any atom is -0.484 e. The largest absolute Gasteiger partial charge is 0.484 e. The summed E-state index contributed by atoms with van der Waals surface area (Å²) in [5.41, 5.74) is 7.91. The van der Waals surface area contributed by atoms with Crippen LogP contribution < -0.4 is 15.4 Å². The topological polar surface area (TPSA) is 81.3 Å². The molecule has 1 saturated heterocycles. The van der Waals surface area contributed by atoms with Crippen molar-refractivity contribution in [2.45, 2.75) is 32.3 Å². The van der Waals surface area contributed by atoms with Gasteiger partial charge in [-0.25, -0.2) is 4.98 Å². The van der Waals surface area contributed by atoms with Gasteiger partial charge in [-0.3, -0.25) is 4.79 Å². The van der Waals surface area contributed by atoms with Gasteiger partial charge in [0, 0.05) is 24.2 Å². The first-order chi connectivity index (χ1) is 11.5. The number of rotatable bonds is 1. The number of nitrogens with zero attached hydrogens (tertiary/aromatic N) is 3. The van der Waals surface area contributed by atoms with E-state index in [1.807, 2.05) is 38.1 Å². The Labute approximate surface area is 140 Å². The number of hydrogen-bond donors (Lipinski definition) is 1. The highest BCUT2D eigenvalue weighted by molar-refractivity contribution is 6.00. The third-order valence-corrected chi connectivity index (χ3v) is 4.99. The van der Waals surface area contributed by atoms with Crippen LogP contribution in [0.25, 0.3) is 0 Å². The van der Waals surface area contributed by atoms with Crippen molar-refractivity contribution in [1.82, 2.24) is 9.97 Å². The second-order valence-corrected chi connectivity index (χ2v) is 6.67. The minimum atomic E-state index is -0.481. The highest BCUT2D eigenvalue weighted by atomic mass is 16.5. The maximum absolute atomic E-state index is 12.5. The number of carbonyl (C=O) groups excluding carboxylic acids is 1. The third-order valence-electron chi connectivity index (χ3n) is 4.99. The first-order valence-corrected chi connectivity index (χ1v) is 8.14. The van der Waals surface area contributed by atoms with Crippen LogP contribution in [0.2, 0.25) is 0 Å². The molecule has 0 bridgehead atoms. The van der Waals surface area contributed by atoms with Crippen LogP contribution in [0.3, 0.4) is 0 Å². The fourth-order valence-electron chi connectivity index (χ4n) is 3.64. The number of hydrogen-bond acceptors (Lipinski definition) is 6. The number of ketones is 1. The van der Waals surface area contributed by atoms with Gasteiger partial charge in [0.1, 0.15) is 17.2 Å². The van der Waals surface area contributed by atoms with Gasteiger partial charge in [-0.1, -0.05) is 12.1 Å². The fraction of sp³-hybridized carbons (Fsp3) is 0.389. The normalized spacial score (nSPS) is 22.6. The molecule has 1 aromatic carbocycles. The molecule has 24 heavy (non-hydrogen) atoms. The highest BCUT2D eigenvalue weighted by Crippen LogP contribution is 2.40. The Morgan fingerprint density at radius 2 is 2.04 bits per heavy atom. The quantitative estimate of drug-likeness (QED) is 0.867. The Morgan fingerprint density at radius 3 is 2.88 bits per heavy atom. The van der Waals surface area contributed by atoms with Crippen LogP contribution in [0.1, 0.15) is 34.5 Å². The van der Waals surface area contributed by atoms with Crippen LogP contribution in [0, 0.1) is 13.8 Å². The van der Waals surface area contributed by atoms with Gasteiger partial charge in [0.15, 0.2) is 5.78 Å². The number of ether oxygens (including phenoxy) is 1. The predicted molar refractivity (Wildman–Crippen MR) is 91.5 cm³/mol. The number of nitrogens with two attached hydrogens (primary N) is 1. The fourth-order valence-corrected chi connectivity index (χ4v) is 3.64. The Hall–Kier alpha value is -2.63. The molecule has 0 radical (unpaired) electrons. The average molecular weight is 324 g/mol. The van der Waals surface area contributed by atoms with Gasteiger partial charge in [-0.05, 0) is 26.0 Å². The van der Waals surface area contributed by atoms with Crippen LogP contribution in [-0.4, -0.2) is 34.4 Å². The summed E-state index contributed by atoms with van der Waals surface area (Å²) in [4.78, 5) is 23.3. The number of aryl methyl sites for hydroxylation is 1. The summed E-state index contributed by atoms with van der Waals surface area (Å²) in [5, 5.41) is 0. The van der Waals surface area contributed by atoms with Crippen LogP contribution in [-0.2, 0) is 0 Å². The molecule has 4 rings (SSSR count). The molecule has 1 atom stereocenters. The number of aromatic nitrogens is 2. The summed E-state index contributed by atoms with van der Waals surface area (Å²) in [7, 11) is 0. The summed E-state index contributed by atoms with van der Waals surface area (Å²) >= 11 is 0. The second kappa shape index (κ2) is 5.19. The number of nitrogen functional groups attached to an aromatic ring is 1. The predicted octanol–water partition coefficient (Wildman–Crippen LogP) is 2.29. The van der Waals surface area contributed by atoms with E-state index in [0.717, 1.165) is 30.0 Å². The SMILES string of the molecule is Cc1nc(N)nc(N2CC[C@]3(CC(=O)c4ccccc4O3)C2)c1C. The molecule has 2 N–H and O–H groups in total. The Balaban J connectivity index is 1.65. The van der Waals surface area contributed by atoms with Gasteiger partial charge in [0.25, 0.3) is 0 Å². The van der Waals surface area contributed by atoms with Crippen molar-refractivity contribution >= 4 is 17.5 Å². The second-order valence-electron chi connectivity index (χ2n) is 6.67. The van der Waals surface area contributed by atoms with E-state index < -0.39 is 5.60 Å². The summed E-state index contributed by atoms with van der Waals surface area (Å²) in [6, 6.07) is 7.47. The minimum absolute atomic E-state index is 0.147. The van der Waals surface area contributed by atoms with E-state index in [9.17, 15) is 4.79 Å². The molecule has 1 fully saturated rings. The van der Waals surface area contributed by atoms with Gasteiger partial charge in [-0.15, -0.1) is 0 Å². The standard InChI is InChI=1S/C18H20N4O2/c1-11-12(2)20-17(19)21-16(11)22-8-7-18(10-22)9-14(23)13-5-3-4-6-15(13)24-18/h3-6H,7-10H2,1-2H3,(H2,19,20,21)/t18-/m0/s1. The van der Waals surface area contributed by atoms with Crippen molar-refractivity contribution in [3.63, 3.8) is 0 Å². The molecule has 1 spiro atoms. The Morgan fingerprint density at radius 1 is 1.25 bits per heavy atom. The number of benzene rings is 1. The van der Waals surface area contributed by atoms with Crippen LogP contribution in [0.5, 0.6) is 5.75 Å². The molecule has 1 aromatic heterocycles. The summed E-state index contributed by atoms with van der Waals surface area (Å²) in [6.07, 6.45) is 1.19. The van der Waals surface area contributed by atoms with E-state index in [0.29, 0.717) is 24.3 Å². The third kappa shape index (κ3) is 2.29. The smallest absolute Gasteiger partial charge is 0.222 e. The molecule has 6 nitrogen and oxygen atoms in total. The zero-order valence-electron chi connectivity index (χ0n) is 13.9. The first kappa shape index (κ1) is 14.9. The van der Waals surface area contributed by atoms with Crippen molar-refractivity contribution < 1.29 is 9.53 Å². The van der Waals surface area contributed by atoms with Gasteiger partial charge in [0.2, 0.25) is 5.95 Å². The maximum atomic E-state index is 12.5. The molecule has 0 amide bonds. The highest BCUT2D eigenvalue weighted by Gasteiger charge is 2.46. The van der Waals surface area contributed by atoms with Gasteiger partial charge >= 0.3 is 0 Å². The van der Waals surface area contributed by atoms with E-state index in [1.165, 1.54) is 0 Å². The molecule has 124 valence electrons. The van der Waals surface area contributed by atoms with Crippen molar-refractivity contribution in [3.05, 3.63) is 41.1 Å². The molecule has 3 heterocycles. The van der Waals surface area contributed by atoms with Gasteiger partial charge in [-0.2, -0.15) is 4.98 Å². The molecule has 2 aromatic rings. The lowest BCUT2D eigenvalue weighted by Crippen LogP contribution is -2.44. The van der Waals surface area contributed by atoms with Crippen LogP contribution in [0.4, 0.5) is 11.8 Å². The van der Waals surface area contributed by atoms with Gasteiger partial charge < -0.3 is 15.4 Å². The zero-order valence-corrected chi connectivity index (χ0v) is 13.9. The Kier molecular flexibility index (Phi) is 3.23. The van der Waals surface area contributed by atoms with Crippen LogP contribution in [0.15, 0.2) is 24.3 Å². The number of anilines is 2. The molecule has 6 heteroatoms. The van der Waals surface area contributed by atoms with E-state index in [2.05, 4.69) is 14.9 Å². The molecule has 2 aliphatic rings. The maximum Gasteiger partial charge on any atom is 0.222 e. The van der Waals surface area contributed by atoms with Gasteiger partial charge in [0.05, 0.1) is 18.5 Å². The molecular formula is C18H20N4O2. The van der Waals surface area contributed by atoms with Crippen molar-refractivity contribution in [3.8, 4) is 5.75 Å². The summed E-state index contributed by atoms with van der Waals surface area (Å²) < 4.78 is 6.27. The molecule has 0 unspecified atom stereocenters. The Bertz CT molecular complexity index is 836. The lowest BCUT2D eigenvalue weighted by molar-refractivity contribution is 0.0538. The summed E-state index contributed by atoms with van der Waals surface area (Å²) in [6.45, 7) is 5.34. The number of Topliss-reactive ketones (excluding diaryl/α,β-unsaturated/α-hetero) is 1. The van der Waals surface area contributed by atoms with Crippen molar-refractivity contribution in [1.29, 1.82) is 0 Å². The van der Waals surface area contributed by atoms with Crippen LogP contribution >= 0.6 is 0 Å². The molecular weight excluding hydrogens is 304 g/mol. The van der Waals surface area contributed by atoms with E-state index in [1.54, 1.807) is 0 Å². The lowest BCUT2D eigenvalue weighted by Gasteiger charge is -2.34. The number of carbonyl (C=O) groups is 1. The number of para-hydroxylation sites is 1. The van der Waals surface area contributed by atoms with Crippen molar-refractivity contribution in [2.24, 2.45) is 0 Å².